The predicted octanol–water partition coefficient (Wildman–Crippen LogP) is 8.62. The molecular weight excluding hydrogens is 379 g/mol. The number of aryl methyl sites for hydroxylation is 2. The van der Waals surface area contributed by atoms with E-state index in [0.717, 1.165) is 36.8 Å². The molecule has 0 spiro atoms. The van der Waals surface area contributed by atoms with Crippen LogP contribution in [-0.4, -0.2) is 0 Å². The number of rotatable bonds is 9. The minimum atomic E-state index is -0.109. The largest absolute Gasteiger partial charge is 0.207 e. The molecule has 1 heteroatoms. The van der Waals surface area contributed by atoms with Crippen molar-refractivity contribution in [3.63, 3.8) is 0 Å². The molecular formula is C30H39F. The van der Waals surface area contributed by atoms with Crippen LogP contribution in [0.25, 0.3) is 0 Å². The Balaban J connectivity index is 1.45. The zero-order chi connectivity index (χ0) is 21.9. The maximum Gasteiger partial charge on any atom is 0.127 e. The summed E-state index contributed by atoms with van der Waals surface area (Å²) in [5.41, 5.74) is 4.59. The van der Waals surface area contributed by atoms with Crippen LogP contribution in [0.1, 0.15) is 106 Å². The maximum absolute atomic E-state index is 14.1. The molecule has 2 aromatic rings. The predicted molar refractivity (Wildman–Crippen MR) is 131 cm³/mol. The Kier molecular flexibility index (Phi) is 9.67. The van der Waals surface area contributed by atoms with Crippen molar-refractivity contribution in [1.29, 1.82) is 0 Å². The number of unbranched alkanes of at least 4 members (excludes halogenated alkanes) is 4. The van der Waals surface area contributed by atoms with Gasteiger partial charge in [-0.15, -0.1) is 0 Å². The van der Waals surface area contributed by atoms with Gasteiger partial charge in [-0.3, -0.25) is 0 Å². The Morgan fingerprint density at radius 1 is 0.806 bits per heavy atom. The van der Waals surface area contributed by atoms with Gasteiger partial charge >= 0.3 is 0 Å². The minimum Gasteiger partial charge on any atom is -0.207 e. The van der Waals surface area contributed by atoms with Crippen molar-refractivity contribution in [3.8, 4) is 11.8 Å². The highest BCUT2D eigenvalue weighted by Crippen LogP contribution is 2.35. The zero-order valence-electron chi connectivity index (χ0n) is 19.6. The van der Waals surface area contributed by atoms with Crippen LogP contribution in [0.5, 0.6) is 0 Å². The fourth-order valence-electron chi connectivity index (χ4n) is 4.74. The molecule has 0 aromatic heterocycles. The molecule has 0 atom stereocenters. The monoisotopic (exact) mass is 418 g/mol. The molecule has 0 saturated heterocycles. The van der Waals surface area contributed by atoms with Gasteiger partial charge in [0.05, 0.1) is 0 Å². The van der Waals surface area contributed by atoms with Gasteiger partial charge in [-0.2, -0.15) is 0 Å². The van der Waals surface area contributed by atoms with Crippen LogP contribution in [0.2, 0.25) is 0 Å². The molecule has 3 rings (SSSR count). The Labute approximate surface area is 189 Å². The Morgan fingerprint density at radius 3 is 2.23 bits per heavy atom. The second-order valence-corrected chi connectivity index (χ2v) is 9.28. The summed E-state index contributed by atoms with van der Waals surface area (Å²) < 4.78 is 14.1. The van der Waals surface area contributed by atoms with Crippen LogP contribution < -0.4 is 0 Å². The van der Waals surface area contributed by atoms with Gasteiger partial charge < -0.3 is 0 Å². The summed E-state index contributed by atoms with van der Waals surface area (Å²) in [7, 11) is 0. The Bertz CT molecular complexity index is 844. The quantitative estimate of drug-likeness (QED) is 0.282. The lowest BCUT2D eigenvalue weighted by atomic mass is 9.78. The van der Waals surface area contributed by atoms with E-state index in [9.17, 15) is 4.39 Å². The third-order valence-corrected chi connectivity index (χ3v) is 6.74. The van der Waals surface area contributed by atoms with Crippen LogP contribution in [0.3, 0.4) is 0 Å². The average Bonchev–Trinajstić information content (AvgIpc) is 2.80. The van der Waals surface area contributed by atoms with Crippen LogP contribution in [0.4, 0.5) is 4.39 Å². The third-order valence-electron chi connectivity index (χ3n) is 6.74. The lowest BCUT2D eigenvalue weighted by Crippen LogP contribution is -2.12. The molecule has 166 valence electrons. The maximum atomic E-state index is 14.1. The van der Waals surface area contributed by atoms with Crippen molar-refractivity contribution in [3.05, 3.63) is 70.5 Å². The van der Waals surface area contributed by atoms with Gasteiger partial charge in [0.2, 0.25) is 0 Å². The van der Waals surface area contributed by atoms with E-state index < -0.39 is 0 Å². The summed E-state index contributed by atoms with van der Waals surface area (Å²) in [6.07, 6.45) is 14.4. The zero-order valence-corrected chi connectivity index (χ0v) is 19.6. The van der Waals surface area contributed by atoms with Crippen molar-refractivity contribution in [1.82, 2.24) is 0 Å². The second-order valence-electron chi connectivity index (χ2n) is 9.28. The summed E-state index contributed by atoms with van der Waals surface area (Å²) in [6.45, 7) is 4.35. The van der Waals surface area contributed by atoms with Crippen molar-refractivity contribution >= 4 is 0 Å². The van der Waals surface area contributed by atoms with Gasteiger partial charge in [0.15, 0.2) is 0 Å². The van der Waals surface area contributed by atoms with Gasteiger partial charge in [-0.1, -0.05) is 88.1 Å². The molecule has 1 saturated carbocycles. The topological polar surface area (TPSA) is 0 Å². The highest BCUT2D eigenvalue weighted by molar-refractivity contribution is 5.37. The summed E-state index contributed by atoms with van der Waals surface area (Å²) in [5.74, 6) is 7.65. The van der Waals surface area contributed by atoms with Gasteiger partial charge in [0.1, 0.15) is 5.82 Å². The minimum absolute atomic E-state index is 0.109. The summed E-state index contributed by atoms with van der Waals surface area (Å²) in [6, 6.07) is 14.9. The van der Waals surface area contributed by atoms with Gasteiger partial charge in [-0.25, -0.2) is 4.39 Å². The highest BCUT2D eigenvalue weighted by atomic mass is 19.1. The normalized spacial score (nSPS) is 18.4. The van der Waals surface area contributed by atoms with E-state index in [4.69, 9.17) is 0 Å². The Hall–Kier alpha value is -2.07. The molecule has 0 heterocycles. The molecule has 0 N–H and O–H groups in total. The van der Waals surface area contributed by atoms with Crippen molar-refractivity contribution in [2.24, 2.45) is 5.92 Å². The van der Waals surface area contributed by atoms with E-state index >= 15 is 0 Å². The SMILES string of the molecule is CCCCCCCc1ccc(C2CCC(C#Cc3ccc(CCC)c(F)c3)CC2)cc1. The molecule has 0 radical (unpaired) electrons. The number of hydrogen-bond donors (Lipinski definition) is 0. The van der Waals surface area contributed by atoms with E-state index in [-0.39, 0.29) is 5.82 Å². The summed E-state index contributed by atoms with van der Waals surface area (Å²) in [5, 5.41) is 0. The van der Waals surface area contributed by atoms with Gasteiger partial charge in [-0.05, 0) is 79.7 Å². The standard InChI is InChI=1S/C30H39F/c1-3-5-6-7-8-10-24-13-18-27(19-14-24)28-20-15-25(16-21-28)11-12-26-17-22-29(9-4-2)30(31)23-26/h13-14,17-19,22-23,25,28H,3-10,15-16,20-21H2,1-2H3. The third kappa shape index (κ3) is 7.53. The van der Waals surface area contributed by atoms with Gasteiger partial charge in [0, 0.05) is 11.5 Å². The van der Waals surface area contributed by atoms with E-state index in [0.29, 0.717) is 11.8 Å². The van der Waals surface area contributed by atoms with E-state index in [2.05, 4.69) is 50.0 Å². The lowest BCUT2D eigenvalue weighted by Gasteiger charge is -2.26. The molecule has 0 nitrogen and oxygen atoms in total. The molecule has 2 aromatic carbocycles. The molecule has 1 fully saturated rings. The summed E-state index contributed by atoms with van der Waals surface area (Å²) >= 11 is 0. The molecule has 1 aliphatic rings. The van der Waals surface area contributed by atoms with Crippen LogP contribution >= 0.6 is 0 Å². The fourth-order valence-corrected chi connectivity index (χ4v) is 4.74. The highest BCUT2D eigenvalue weighted by Gasteiger charge is 2.21. The number of hydrogen-bond acceptors (Lipinski definition) is 0. The second kappa shape index (κ2) is 12.7. The first kappa shape index (κ1) is 23.6. The summed E-state index contributed by atoms with van der Waals surface area (Å²) in [4.78, 5) is 0. The van der Waals surface area contributed by atoms with Crippen molar-refractivity contribution in [2.45, 2.75) is 96.8 Å². The molecule has 0 aliphatic heterocycles. The van der Waals surface area contributed by atoms with E-state index in [1.807, 2.05) is 12.1 Å². The van der Waals surface area contributed by atoms with Gasteiger partial charge in [0.25, 0.3) is 0 Å². The molecule has 0 unspecified atom stereocenters. The van der Waals surface area contributed by atoms with Crippen molar-refractivity contribution < 1.29 is 4.39 Å². The molecule has 1 aliphatic carbocycles. The molecule has 31 heavy (non-hydrogen) atoms. The fraction of sp³-hybridized carbons (Fsp3) is 0.533. The Morgan fingerprint density at radius 2 is 1.55 bits per heavy atom. The van der Waals surface area contributed by atoms with Crippen LogP contribution in [0.15, 0.2) is 42.5 Å². The van der Waals surface area contributed by atoms with E-state index in [1.165, 1.54) is 62.5 Å². The van der Waals surface area contributed by atoms with Crippen molar-refractivity contribution in [2.75, 3.05) is 0 Å². The first-order valence-corrected chi connectivity index (χ1v) is 12.6. The van der Waals surface area contributed by atoms with Crippen LogP contribution in [0, 0.1) is 23.6 Å². The van der Waals surface area contributed by atoms with Crippen LogP contribution in [-0.2, 0) is 12.8 Å². The number of benzene rings is 2. The number of halogens is 1. The smallest absolute Gasteiger partial charge is 0.127 e. The first-order valence-electron chi connectivity index (χ1n) is 12.6. The lowest BCUT2D eigenvalue weighted by molar-refractivity contribution is 0.384. The van der Waals surface area contributed by atoms with E-state index in [1.54, 1.807) is 6.07 Å². The molecule has 0 bridgehead atoms. The first-order chi connectivity index (χ1) is 15.2. The molecule has 0 amide bonds. The average molecular weight is 419 g/mol.